The highest BCUT2D eigenvalue weighted by Crippen LogP contribution is 2.37. The van der Waals surface area contributed by atoms with E-state index in [2.05, 4.69) is 20.9 Å². The minimum atomic E-state index is -1.42. The third-order valence-corrected chi connectivity index (χ3v) is 4.07. The number of carbonyl (C=O) groups excluding carboxylic acids is 1. The predicted octanol–water partition coefficient (Wildman–Crippen LogP) is 2.78. The number of nitrogens with one attached hydrogen (secondary N) is 1. The van der Waals surface area contributed by atoms with Gasteiger partial charge in [-0.15, -0.1) is 0 Å². The van der Waals surface area contributed by atoms with Crippen LogP contribution < -0.4 is 5.32 Å². The lowest BCUT2D eigenvalue weighted by Gasteiger charge is -2.29. The molecule has 1 amide bonds. The fourth-order valence-electron chi connectivity index (χ4n) is 2.56. The Morgan fingerprint density at radius 3 is 2.71 bits per heavy atom. The van der Waals surface area contributed by atoms with Crippen molar-refractivity contribution in [3.8, 4) is 0 Å². The van der Waals surface area contributed by atoms with Gasteiger partial charge >= 0.3 is 0 Å². The van der Waals surface area contributed by atoms with E-state index in [-0.39, 0.29) is 0 Å². The quantitative estimate of drug-likeness (QED) is 0.912. The van der Waals surface area contributed by atoms with Crippen molar-refractivity contribution in [2.75, 3.05) is 5.32 Å². The molecule has 2 N–H and O–H groups in total. The Bertz CT molecular complexity index is 693. The van der Waals surface area contributed by atoms with Gasteiger partial charge in [0.1, 0.15) is 5.60 Å². The maximum atomic E-state index is 12.0. The second-order valence-electron chi connectivity index (χ2n) is 6.40. The molecule has 1 heterocycles. The van der Waals surface area contributed by atoms with Crippen LogP contribution in [0.15, 0.2) is 18.2 Å². The summed E-state index contributed by atoms with van der Waals surface area (Å²) >= 11 is 0. The number of hydrogen-bond acceptors (Lipinski definition) is 3. The summed E-state index contributed by atoms with van der Waals surface area (Å²) < 4.78 is 2.11. The average Bonchev–Trinajstić information content (AvgIpc) is 2.65. The number of aromatic nitrogens is 2. The van der Waals surface area contributed by atoms with Crippen molar-refractivity contribution in [2.45, 2.75) is 51.7 Å². The topological polar surface area (TPSA) is 67.2 Å². The summed E-state index contributed by atoms with van der Waals surface area (Å²) in [7, 11) is 0. The number of imidazole rings is 1. The molecular formula is C16H21N3O2. The molecule has 1 saturated carbocycles. The van der Waals surface area contributed by atoms with E-state index >= 15 is 0 Å². The van der Waals surface area contributed by atoms with Crippen LogP contribution in [0.2, 0.25) is 0 Å². The number of anilines is 1. The molecule has 112 valence electrons. The van der Waals surface area contributed by atoms with Gasteiger partial charge in [-0.1, -0.05) is 6.07 Å². The summed E-state index contributed by atoms with van der Waals surface area (Å²) in [6.45, 7) is 5.00. The van der Waals surface area contributed by atoms with Crippen LogP contribution in [0, 0.1) is 6.92 Å². The van der Waals surface area contributed by atoms with E-state index in [4.69, 9.17) is 0 Å². The molecule has 1 aliphatic rings. The normalized spacial score (nSPS) is 16.0. The highest BCUT2D eigenvalue weighted by atomic mass is 16.3. The molecule has 2 aromatic rings. The molecule has 3 rings (SSSR count). The summed E-state index contributed by atoms with van der Waals surface area (Å²) in [6.07, 6.45) is 3.41. The lowest BCUT2D eigenvalue weighted by molar-refractivity contribution is -0.130. The van der Waals surface area contributed by atoms with E-state index in [1.165, 1.54) is 25.8 Å². The van der Waals surface area contributed by atoms with E-state index in [1.54, 1.807) is 0 Å². The SMILES string of the molecule is Cc1ccc2nc(NC(=O)C(C)(C)O)n(C3CCC3)c2c1. The third kappa shape index (κ3) is 2.53. The van der Waals surface area contributed by atoms with Crippen molar-refractivity contribution in [2.24, 2.45) is 0 Å². The number of aryl methyl sites for hydroxylation is 1. The van der Waals surface area contributed by atoms with Gasteiger partial charge in [-0.25, -0.2) is 4.98 Å². The highest BCUT2D eigenvalue weighted by molar-refractivity contribution is 5.96. The lowest BCUT2D eigenvalue weighted by Crippen LogP contribution is -2.37. The summed E-state index contributed by atoms with van der Waals surface area (Å²) in [5.41, 5.74) is 1.67. The lowest BCUT2D eigenvalue weighted by atomic mass is 9.92. The fourth-order valence-corrected chi connectivity index (χ4v) is 2.56. The van der Waals surface area contributed by atoms with Gasteiger partial charge in [0.05, 0.1) is 11.0 Å². The Morgan fingerprint density at radius 1 is 1.43 bits per heavy atom. The summed E-state index contributed by atoms with van der Waals surface area (Å²) in [4.78, 5) is 16.6. The molecule has 5 nitrogen and oxygen atoms in total. The first kappa shape index (κ1) is 14.1. The van der Waals surface area contributed by atoms with Crippen LogP contribution >= 0.6 is 0 Å². The molecule has 1 aliphatic carbocycles. The van der Waals surface area contributed by atoms with Crippen LogP contribution in [-0.2, 0) is 4.79 Å². The maximum absolute atomic E-state index is 12.0. The summed E-state index contributed by atoms with van der Waals surface area (Å²) in [6, 6.07) is 6.47. The number of rotatable bonds is 3. The largest absolute Gasteiger partial charge is 0.381 e. The number of carbonyl (C=O) groups is 1. The summed E-state index contributed by atoms with van der Waals surface area (Å²) in [5, 5.41) is 12.6. The average molecular weight is 287 g/mol. The molecule has 0 spiro atoms. The van der Waals surface area contributed by atoms with Gasteiger partial charge in [0.25, 0.3) is 5.91 Å². The van der Waals surface area contributed by atoms with Gasteiger partial charge in [0.15, 0.2) is 0 Å². The molecule has 5 heteroatoms. The molecule has 1 aromatic carbocycles. The minimum Gasteiger partial charge on any atom is -0.381 e. The van der Waals surface area contributed by atoms with Gasteiger partial charge in [-0.2, -0.15) is 0 Å². The number of benzene rings is 1. The third-order valence-electron chi connectivity index (χ3n) is 4.07. The molecular weight excluding hydrogens is 266 g/mol. The number of hydrogen-bond donors (Lipinski definition) is 2. The number of nitrogens with zero attached hydrogens (tertiary/aromatic N) is 2. The zero-order valence-corrected chi connectivity index (χ0v) is 12.7. The van der Waals surface area contributed by atoms with Crippen molar-refractivity contribution < 1.29 is 9.90 Å². The first-order valence-corrected chi connectivity index (χ1v) is 7.38. The van der Waals surface area contributed by atoms with Gasteiger partial charge in [-0.3, -0.25) is 10.1 Å². The van der Waals surface area contributed by atoms with Crippen LogP contribution in [0.1, 0.15) is 44.7 Å². The van der Waals surface area contributed by atoms with Gasteiger partial charge in [0, 0.05) is 6.04 Å². The van der Waals surface area contributed by atoms with Crippen molar-refractivity contribution in [3.05, 3.63) is 23.8 Å². The van der Waals surface area contributed by atoms with Crippen LogP contribution in [0.3, 0.4) is 0 Å². The monoisotopic (exact) mass is 287 g/mol. The number of aliphatic hydroxyl groups is 1. The zero-order valence-electron chi connectivity index (χ0n) is 12.7. The molecule has 0 bridgehead atoms. The van der Waals surface area contributed by atoms with Gasteiger partial charge < -0.3 is 9.67 Å². The molecule has 0 unspecified atom stereocenters. The summed E-state index contributed by atoms with van der Waals surface area (Å²) in [5.74, 6) is 0.0996. The molecule has 1 aromatic heterocycles. The molecule has 0 atom stereocenters. The van der Waals surface area contributed by atoms with E-state index in [9.17, 15) is 9.90 Å². The van der Waals surface area contributed by atoms with Crippen molar-refractivity contribution in [1.29, 1.82) is 0 Å². The maximum Gasteiger partial charge on any atom is 0.258 e. The van der Waals surface area contributed by atoms with Crippen LogP contribution in [-0.4, -0.2) is 26.2 Å². The molecule has 0 aliphatic heterocycles. The number of amides is 1. The second-order valence-corrected chi connectivity index (χ2v) is 6.40. The smallest absolute Gasteiger partial charge is 0.258 e. The Morgan fingerprint density at radius 2 is 2.14 bits per heavy atom. The Hall–Kier alpha value is -1.88. The minimum absolute atomic E-state index is 0.383. The second kappa shape index (κ2) is 4.84. The van der Waals surface area contributed by atoms with E-state index < -0.39 is 11.5 Å². The van der Waals surface area contributed by atoms with Crippen LogP contribution in [0.5, 0.6) is 0 Å². The van der Waals surface area contributed by atoms with Crippen LogP contribution in [0.25, 0.3) is 11.0 Å². The first-order chi connectivity index (χ1) is 9.86. The van der Waals surface area contributed by atoms with Crippen molar-refractivity contribution >= 4 is 22.9 Å². The number of fused-ring (bicyclic) bond motifs is 1. The van der Waals surface area contributed by atoms with E-state index in [0.717, 1.165) is 23.9 Å². The fraction of sp³-hybridized carbons (Fsp3) is 0.500. The van der Waals surface area contributed by atoms with Gasteiger partial charge in [-0.05, 0) is 57.7 Å². The zero-order chi connectivity index (χ0) is 15.2. The predicted molar refractivity (Wildman–Crippen MR) is 82.3 cm³/mol. The molecule has 0 saturated heterocycles. The van der Waals surface area contributed by atoms with Crippen molar-refractivity contribution in [3.63, 3.8) is 0 Å². The molecule has 21 heavy (non-hydrogen) atoms. The van der Waals surface area contributed by atoms with Crippen LogP contribution in [0.4, 0.5) is 5.95 Å². The highest BCUT2D eigenvalue weighted by Gasteiger charge is 2.29. The molecule has 1 fully saturated rings. The van der Waals surface area contributed by atoms with E-state index in [0.29, 0.717) is 12.0 Å². The van der Waals surface area contributed by atoms with E-state index in [1.807, 2.05) is 19.1 Å². The Kier molecular flexibility index (Phi) is 3.24. The molecule has 0 radical (unpaired) electrons. The Labute approximate surface area is 124 Å². The van der Waals surface area contributed by atoms with Gasteiger partial charge in [0.2, 0.25) is 5.95 Å². The standard InChI is InChI=1S/C16H21N3O2/c1-10-7-8-12-13(9-10)19(11-5-4-6-11)15(17-12)18-14(20)16(2,3)21/h7-9,11,21H,4-6H2,1-3H3,(H,17,18,20). The van der Waals surface area contributed by atoms with Crippen molar-refractivity contribution in [1.82, 2.24) is 9.55 Å². The Balaban J connectivity index is 2.06. The first-order valence-electron chi connectivity index (χ1n) is 7.38.